The highest BCUT2D eigenvalue weighted by atomic mass is 32.2. The number of nitrogens with zero attached hydrogens (tertiary/aromatic N) is 3. The zero-order valence-corrected chi connectivity index (χ0v) is 15.5. The molecule has 136 valence electrons. The monoisotopic (exact) mass is 385 g/mol. The molecule has 0 amide bonds. The van der Waals surface area contributed by atoms with Gasteiger partial charge in [-0.3, -0.25) is 4.68 Å². The van der Waals surface area contributed by atoms with Gasteiger partial charge in [0.2, 0.25) is 10.0 Å². The number of methoxy groups -OCH3 is 1. The summed E-state index contributed by atoms with van der Waals surface area (Å²) in [5.41, 5.74) is 1.32. The lowest BCUT2D eigenvalue weighted by Gasteiger charge is -2.26. The maximum Gasteiger partial charge on any atom is 0.243 e. The zero-order chi connectivity index (χ0) is 18.2. The van der Waals surface area contributed by atoms with Crippen molar-refractivity contribution in [2.24, 2.45) is 7.05 Å². The number of aryl methyl sites for hydroxylation is 1. The van der Waals surface area contributed by atoms with Gasteiger partial charge in [-0.05, 0) is 24.3 Å². The maximum atomic E-state index is 12.9. The van der Waals surface area contributed by atoms with Gasteiger partial charge < -0.3 is 4.74 Å². The van der Waals surface area contributed by atoms with Crippen LogP contribution >= 0.6 is 0 Å². The highest BCUT2D eigenvalue weighted by molar-refractivity contribution is 7.92. The number of ether oxygens (including phenoxy) is 1. The van der Waals surface area contributed by atoms with Crippen molar-refractivity contribution in [1.82, 2.24) is 14.1 Å². The minimum atomic E-state index is -3.78. The van der Waals surface area contributed by atoms with Crippen LogP contribution in [0.1, 0.15) is 0 Å². The number of hydrogen-bond donors (Lipinski definition) is 0. The first-order valence-electron chi connectivity index (χ1n) is 7.61. The summed E-state index contributed by atoms with van der Waals surface area (Å²) in [5.74, 6) is 0.220. The number of aromatic nitrogens is 2. The van der Waals surface area contributed by atoms with E-state index in [1.54, 1.807) is 30.1 Å². The first kappa shape index (κ1) is 17.9. The van der Waals surface area contributed by atoms with Gasteiger partial charge in [-0.2, -0.15) is 9.40 Å². The fourth-order valence-corrected chi connectivity index (χ4v) is 5.67. The predicted molar refractivity (Wildman–Crippen MR) is 92.6 cm³/mol. The van der Waals surface area contributed by atoms with Gasteiger partial charge in [0, 0.05) is 31.9 Å². The molecule has 0 N–H and O–H groups in total. The summed E-state index contributed by atoms with van der Waals surface area (Å²) < 4.78 is 57.0. The van der Waals surface area contributed by atoms with Crippen molar-refractivity contribution in [3.8, 4) is 17.0 Å². The molecule has 2 heterocycles. The van der Waals surface area contributed by atoms with Gasteiger partial charge in [0.25, 0.3) is 0 Å². The van der Waals surface area contributed by atoms with E-state index in [-0.39, 0.29) is 29.5 Å². The van der Waals surface area contributed by atoms with E-state index < -0.39 is 19.9 Å². The van der Waals surface area contributed by atoms with E-state index >= 15 is 0 Å². The van der Waals surface area contributed by atoms with Crippen LogP contribution in [0.25, 0.3) is 11.3 Å². The van der Waals surface area contributed by atoms with Crippen LogP contribution < -0.4 is 4.74 Å². The van der Waals surface area contributed by atoms with E-state index in [9.17, 15) is 16.8 Å². The molecule has 8 nitrogen and oxygen atoms in total. The smallest absolute Gasteiger partial charge is 0.243 e. The zero-order valence-electron chi connectivity index (χ0n) is 13.9. The molecule has 1 aliphatic heterocycles. The van der Waals surface area contributed by atoms with Crippen molar-refractivity contribution in [1.29, 1.82) is 0 Å². The molecular weight excluding hydrogens is 366 g/mol. The Kier molecular flexibility index (Phi) is 4.60. The third-order valence-corrected chi connectivity index (χ3v) is 7.71. The molecule has 1 aromatic carbocycles. The van der Waals surface area contributed by atoms with Crippen molar-refractivity contribution < 1.29 is 21.6 Å². The standard InChI is InChI=1S/C15H19N3O5S2/c1-17-14(5-6-16-17)13-11-12(3-4-15(13)23-2)25(21,22)18-7-9-24(19,20)10-8-18/h3-6,11H,7-10H2,1-2H3. The Bertz CT molecular complexity index is 982. The fraction of sp³-hybridized carbons (Fsp3) is 0.400. The topological polar surface area (TPSA) is 98.6 Å². The SMILES string of the molecule is COc1ccc(S(=O)(=O)N2CCS(=O)(=O)CC2)cc1-c1ccnn1C. The molecule has 25 heavy (non-hydrogen) atoms. The minimum absolute atomic E-state index is 0.0300. The van der Waals surface area contributed by atoms with Gasteiger partial charge in [-0.15, -0.1) is 0 Å². The van der Waals surface area contributed by atoms with E-state index in [4.69, 9.17) is 4.74 Å². The van der Waals surface area contributed by atoms with Crippen molar-refractivity contribution in [3.63, 3.8) is 0 Å². The average molecular weight is 385 g/mol. The number of sulfone groups is 1. The Morgan fingerprint density at radius 1 is 1.16 bits per heavy atom. The summed E-state index contributed by atoms with van der Waals surface area (Å²) in [6.07, 6.45) is 1.62. The van der Waals surface area contributed by atoms with Crippen molar-refractivity contribution in [2.45, 2.75) is 4.90 Å². The average Bonchev–Trinajstić information content (AvgIpc) is 2.99. The van der Waals surface area contributed by atoms with Crippen LogP contribution in [0.3, 0.4) is 0 Å². The highest BCUT2D eigenvalue weighted by Gasteiger charge is 2.31. The van der Waals surface area contributed by atoms with E-state index in [0.29, 0.717) is 11.3 Å². The van der Waals surface area contributed by atoms with E-state index in [1.807, 2.05) is 0 Å². The Balaban J connectivity index is 2.02. The van der Waals surface area contributed by atoms with Gasteiger partial charge in [0.15, 0.2) is 9.84 Å². The highest BCUT2D eigenvalue weighted by Crippen LogP contribution is 2.32. The molecule has 1 aromatic heterocycles. The quantitative estimate of drug-likeness (QED) is 0.761. The molecule has 0 saturated carbocycles. The molecule has 1 saturated heterocycles. The second kappa shape index (κ2) is 6.43. The van der Waals surface area contributed by atoms with Crippen molar-refractivity contribution in [3.05, 3.63) is 30.5 Å². The number of rotatable bonds is 4. The largest absolute Gasteiger partial charge is 0.496 e. The number of benzene rings is 1. The first-order chi connectivity index (χ1) is 11.7. The molecular formula is C15H19N3O5S2. The summed E-state index contributed by atoms with van der Waals surface area (Å²) in [6.45, 7) is -0.0600. The molecule has 0 atom stereocenters. The third-order valence-electron chi connectivity index (χ3n) is 4.21. The summed E-state index contributed by atoms with van der Waals surface area (Å²) >= 11 is 0. The Labute approximate surface area is 147 Å². The van der Waals surface area contributed by atoms with Gasteiger partial charge >= 0.3 is 0 Å². The molecule has 0 radical (unpaired) electrons. The second-order valence-corrected chi connectivity index (χ2v) is 10.00. The summed E-state index contributed by atoms with van der Waals surface area (Å²) in [6, 6.07) is 6.36. The minimum Gasteiger partial charge on any atom is -0.496 e. The normalized spacial score (nSPS) is 18.2. The molecule has 2 aromatic rings. The molecule has 0 aliphatic carbocycles. The predicted octanol–water partition coefficient (Wildman–Crippen LogP) is 0.515. The fourth-order valence-electron chi connectivity index (χ4n) is 2.77. The second-order valence-electron chi connectivity index (χ2n) is 5.76. The molecule has 10 heteroatoms. The summed E-state index contributed by atoms with van der Waals surface area (Å²) in [4.78, 5) is 0.101. The van der Waals surface area contributed by atoms with Crippen molar-refractivity contribution in [2.75, 3.05) is 31.7 Å². The molecule has 0 bridgehead atoms. The molecule has 3 rings (SSSR count). The Morgan fingerprint density at radius 2 is 1.84 bits per heavy atom. The van der Waals surface area contributed by atoms with Gasteiger partial charge in [0.1, 0.15) is 5.75 Å². The van der Waals surface area contributed by atoms with Gasteiger partial charge in [0.05, 0.1) is 29.2 Å². The maximum absolute atomic E-state index is 12.9. The van der Waals surface area contributed by atoms with E-state index in [2.05, 4.69) is 5.10 Å². The molecule has 1 fully saturated rings. The van der Waals surface area contributed by atoms with Crippen LogP contribution in [0.4, 0.5) is 0 Å². The third kappa shape index (κ3) is 3.42. The molecule has 0 unspecified atom stereocenters. The summed E-state index contributed by atoms with van der Waals surface area (Å²) in [5, 5.41) is 4.10. The van der Waals surface area contributed by atoms with Crippen molar-refractivity contribution >= 4 is 19.9 Å². The van der Waals surface area contributed by atoms with Crippen LogP contribution in [0.15, 0.2) is 35.4 Å². The van der Waals surface area contributed by atoms with Crippen LogP contribution in [0.2, 0.25) is 0 Å². The van der Waals surface area contributed by atoms with Crippen LogP contribution in [0, 0.1) is 0 Å². The van der Waals surface area contributed by atoms with Crippen LogP contribution in [-0.2, 0) is 26.9 Å². The molecule has 1 aliphatic rings. The van der Waals surface area contributed by atoms with Gasteiger partial charge in [-0.25, -0.2) is 16.8 Å². The number of sulfonamides is 1. The van der Waals surface area contributed by atoms with Gasteiger partial charge in [-0.1, -0.05) is 0 Å². The lowest BCUT2D eigenvalue weighted by atomic mass is 10.1. The Hall–Kier alpha value is -1.91. The van der Waals surface area contributed by atoms with E-state index in [0.717, 1.165) is 5.69 Å². The Morgan fingerprint density at radius 3 is 2.40 bits per heavy atom. The summed E-state index contributed by atoms with van der Waals surface area (Å²) in [7, 11) is -3.67. The lowest BCUT2D eigenvalue weighted by molar-refractivity contribution is 0.415. The molecule has 0 spiro atoms. The van der Waals surface area contributed by atoms with E-state index in [1.165, 1.54) is 23.5 Å². The first-order valence-corrected chi connectivity index (χ1v) is 10.9. The lowest BCUT2D eigenvalue weighted by Crippen LogP contribution is -2.43. The van der Waals surface area contributed by atoms with Crippen LogP contribution in [-0.4, -0.2) is 62.6 Å². The number of hydrogen-bond acceptors (Lipinski definition) is 6. The van der Waals surface area contributed by atoms with Crippen LogP contribution in [0.5, 0.6) is 5.75 Å².